The molecular weight excluding hydrogens is 331 g/mol. The van der Waals surface area contributed by atoms with Crippen molar-refractivity contribution in [1.82, 2.24) is 19.7 Å². The van der Waals surface area contributed by atoms with E-state index in [1.54, 1.807) is 54.3 Å². The van der Waals surface area contributed by atoms with Crippen LogP contribution < -0.4 is 0 Å². The Kier molecular flexibility index (Phi) is 5.11. The summed E-state index contributed by atoms with van der Waals surface area (Å²) >= 11 is 0. The van der Waals surface area contributed by atoms with Crippen molar-refractivity contribution in [2.75, 3.05) is 13.6 Å². The number of aromatic nitrogens is 3. The first-order valence-electron chi connectivity index (χ1n) is 8.40. The van der Waals surface area contributed by atoms with E-state index in [2.05, 4.69) is 10.1 Å². The standard InChI is InChI=1S/C20H21FN4O/c1-14-4-5-17(21)16(12-14)19-13-18(23-25(19)3)20(26)24(2)11-8-15-6-9-22-10-7-15/h4-7,9-10,12-13H,8,11H2,1-3H3. The van der Waals surface area contributed by atoms with Gasteiger partial charge in [0.25, 0.3) is 5.91 Å². The monoisotopic (exact) mass is 352 g/mol. The molecule has 0 saturated heterocycles. The summed E-state index contributed by atoms with van der Waals surface area (Å²) in [5.41, 5.74) is 3.39. The van der Waals surface area contributed by atoms with E-state index in [0.29, 0.717) is 23.5 Å². The van der Waals surface area contributed by atoms with Crippen molar-refractivity contribution in [3.63, 3.8) is 0 Å². The van der Waals surface area contributed by atoms with E-state index in [4.69, 9.17) is 0 Å². The van der Waals surface area contributed by atoms with Crippen LogP contribution in [0.15, 0.2) is 48.8 Å². The van der Waals surface area contributed by atoms with Crippen molar-refractivity contribution >= 4 is 5.91 Å². The van der Waals surface area contributed by atoms with E-state index in [9.17, 15) is 9.18 Å². The summed E-state index contributed by atoms with van der Waals surface area (Å²) in [6.45, 7) is 2.46. The molecule has 0 spiro atoms. The van der Waals surface area contributed by atoms with Crippen LogP contribution in [-0.4, -0.2) is 39.2 Å². The van der Waals surface area contributed by atoms with Crippen LogP contribution >= 0.6 is 0 Å². The van der Waals surface area contributed by atoms with E-state index in [0.717, 1.165) is 17.5 Å². The number of nitrogens with zero attached hydrogens (tertiary/aromatic N) is 4. The fourth-order valence-electron chi connectivity index (χ4n) is 2.80. The third kappa shape index (κ3) is 3.79. The van der Waals surface area contributed by atoms with Crippen molar-refractivity contribution in [3.8, 4) is 11.3 Å². The van der Waals surface area contributed by atoms with Gasteiger partial charge in [0.15, 0.2) is 5.69 Å². The topological polar surface area (TPSA) is 51.0 Å². The van der Waals surface area contributed by atoms with Crippen LogP contribution in [0, 0.1) is 12.7 Å². The second-order valence-corrected chi connectivity index (χ2v) is 6.35. The van der Waals surface area contributed by atoms with Crippen LogP contribution in [0.1, 0.15) is 21.6 Å². The minimum Gasteiger partial charge on any atom is -0.340 e. The third-order valence-corrected chi connectivity index (χ3v) is 4.33. The molecule has 1 aromatic carbocycles. The molecule has 0 radical (unpaired) electrons. The van der Waals surface area contributed by atoms with Crippen LogP contribution in [0.2, 0.25) is 0 Å². The molecule has 3 rings (SSSR count). The fraction of sp³-hybridized carbons (Fsp3) is 0.250. The Labute approximate surface area is 152 Å². The van der Waals surface area contributed by atoms with E-state index in [1.165, 1.54) is 6.07 Å². The Balaban J connectivity index is 1.77. The molecule has 2 heterocycles. The quantitative estimate of drug-likeness (QED) is 0.708. The van der Waals surface area contributed by atoms with Gasteiger partial charge in [-0.1, -0.05) is 11.6 Å². The van der Waals surface area contributed by atoms with E-state index in [-0.39, 0.29) is 11.7 Å². The molecule has 134 valence electrons. The predicted molar refractivity (Wildman–Crippen MR) is 98.2 cm³/mol. The zero-order valence-corrected chi connectivity index (χ0v) is 15.1. The molecule has 0 aliphatic carbocycles. The van der Waals surface area contributed by atoms with E-state index in [1.807, 2.05) is 19.1 Å². The van der Waals surface area contributed by atoms with Crippen molar-refractivity contribution in [1.29, 1.82) is 0 Å². The lowest BCUT2D eigenvalue weighted by Gasteiger charge is -2.15. The van der Waals surface area contributed by atoms with Crippen molar-refractivity contribution in [2.45, 2.75) is 13.3 Å². The van der Waals surface area contributed by atoms with Gasteiger partial charge in [0.05, 0.1) is 5.69 Å². The van der Waals surface area contributed by atoms with Crippen LogP contribution in [0.5, 0.6) is 0 Å². The average molecular weight is 352 g/mol. The molecule has 2 aromatic heterocycles. The Hall–Kier alpha value is -3.02. The summed E-state index contributed by atoms with van der Waals surface area (Å²) < 4.78 is 15.7. The first-order valence-corrected chi connectivity index (χ1v) is 8.40. The number of halogens is 1. The van der Waals surface area contributed by atoms with Crippen molar-refractivity contribution < 1.29 is 9.18 Å². The normalized spacial score (nSPS) is 10.8. The maximum absolute atomic E-state index is 14.2. The summed E-state index contributed by atoms with van der Waals surface area (Å²) in [6, 6.07) is 10.4. The molecule has 1 amide bonds. The summed E-state index contributed by atoms with van der Waals surface area (Å²) in [5.74, 6) is -0.516. The molecule has 0 bridgehead atoms. The summed E-state index contributed by atoms with van der Waals surface area (Å²) in [4.78, 5) is 18.3. The van der Waals surface area contributed by atoms with Crippen molar-refractivity contribution in [2.24, 2.45) is 7.05 Å². The Morgan fingerprint density at radius 2 is 1.92 bits per heavy atom. The smallest absolute Gasteiger partial charge is 0.274 e. The number of pyridine rings is 1. The lowest BCUT2D eigenvalue weighted by molar-refractivity contribution is 0.0790. The second-order valence-electron chi connectivity index (χ2n) is 6.35. The Morgan fingerprint density at radius 3 is 2.65 bits per heavy atom. The predicted octanol–water partition coefficient (Wildman–Crippen LogP) is 3.24. The lowest BCUT2D eigenvalue weighted by Crippen LogP contribution is -2.29. The van der Waals surface area contributed by atoms with Gasteiger partial charge < -0.3 is 4.90 Å². The number of aryl methyl sites for hydroxylation is 2. The van der Waals surface area contributed by atoms with E-state index < -0.39 is 0 Å². The highest BCUT2D eigenvalue weighted by Gasteiger charge is 2.19. The highest BCUT2D eigenvalue weighted by atomic mass is 19.1. The SMILES string of the molecule is Cc1ccc(F)c(-c2cc(C(=O)N(C)CCc3ccncc3)nn2C)c1. The molecule has 26 heavy (non-hydrogen) atoms. The molecule has 0 atom stereocenters. The number of rotatable bonds is 5. The highest BCUT2D eigenvalue weighted by molar-refractivity contribution is 5.93. The third-order valence-electron chi connectivity index (χ3n) is 4.33. The van der Waals surface area contributed by atoms with Gasteiger partial charge in [-0.05, 0) is 49.2 Å². The van der Waals surface area contributed by atoms with Gasteiger partial charge in [-0.25, -0.2) is 4.39 Å². The summed E-state index contributed by atoms with van der Waals surface area (Å²) in [7, 11) is 3.45. The van der Waals surface area contributed by atoms with Crippen LogP contribution in [0.25, 0.3) is 11.3 Å². The largest absolute Gasteiger partial charge is 0.340 e. The van der Waals surface area contributed by atoms with Gasteiger partial charge in [0, 0.05) is 38.6 Å². The molecule has 0 unspecified atom stereocenters. The molecule has 5 nitrogen and oxygen atoms in total. The Bertz CT molecular complexity index is 921. The van der Waals surface area contributed by atoms with Crippen molar-refractivity contribution in [3.05, 3.63) is 71.4 Å². The molecule has 0 aliphatic heterocycles. The summed E-state index contributed by atoms with van der Waals surface area (Å²) in [6.07, 6.45) is 4.20. The molecular formula is C20H21FN4O. The minimum absolute atomic E-state index is 0.186. The number of carbonyl (C=O) groups excluding carboxylic acids is 1. The number of hydrogen-bond acceptors (Lipinski definition) is 3. The molecule has 0 aliphatic rings. The zero-order valence-electron chi connectivity index (χ0n) is 15.1. The van der Waals surface area contributed by atoms with Gasteiger partial charge in [0.2, 0.25) is 0 Å². The van der Waals surface area contributed by atoms with Gasteiger partial charge >= 0.3 is 0 Å². The summed E-state index contributed by atoms with van der Waals surface area (Å²) in [5, 5.41) is 4.28. The van der Waals surface area contributed by atoms with Crippen LogP contribution in [-0.2, 0) is 13.5 Å². The van der Waals surface area contributed by atoms with Gasteiger partial charge in [-0.2, -0.15) is 5.10 Å². The molecule has 0 saturated carbocycles. The zero-order chi connectivity index (χ0) is 18.7. The highest BCUT2D eigenvalue weighted by Crippen LogP contribution is 2.24. The van der Waals surface area contributed by atoms with E-state index >= 15 is 0 Å². The molecule has 0 N–H and O–H groups in total. The number of amides is 1. The van der Waals surface area contributed by atoms with Gasteiger partial charge in [0.1, 0.15) is 5.82 Å². The number of hydrogen-bond donors (Lipinski definition) is 0. The van der Waals surface area contributed by atoms with Crippen LogP contribution in [0.4, 0.5) is 4.39 Å². The van der Waals surface area contributed by atoms with Gasteiger partial charge in [-0.3, -0.25) is 14.5 Å². The molecule has 3 aromatic rings. The lowest BCUT2D eigenvalue weighted by atomic mass is 10.1. The average Bonchev–Trinajstić information content (AvgIpc) is 3.03. The minimum atomic E-state index is -0.330. The first kappa shape index (κ1) is 17.8. The maximum Gasteiger partial charge on any atom is 0.274 e. The first-order chi connectivity index (χ1) is 12.5. The second kappa shape index (κ2) is 7.47. The van der Waals surface area contributed by atoms with Gasteiger partial charge in [-0.15, -0.1) is 0 Å². The maximum atomic E-state index is 14.2. The number of likely N-dealkylation sites (N-methyl/N-ethyl adjacent to an activating group) is 1. The fourth-order valence-corrected chi connectivity index (χ4v) is 2.80. The molecule has 6 heteroatoms. The van der Waals surface area contributed by atoms with Crippen LogP contribution in [0.3, 0.4) is 0 Å². The Morgan fingerprint density at radius 1 is 1.19 bits per heavy atom. The molecule has 0 fully saturated rings. The number of benzene rings is 1. The number of carbonyl (C=O) groups is 1.